The van der Waals surface area contributed by atoms with E-state index < -0.39 is 22.0 Å². The molecule has 0 fully saturated rings. The second-order valence-corrected chi connectivity index (χ2v) is 7.52. The number of rotatable bonds is 6. The summed E-state index contributed by atoms with van der Waals surface area (Å²) in [7, 11) is -2.56. The number of carbonyl (C=O) groups is 1. The Morgan fingerprint density at radius 3 is 2.35 bits per heavy atom. The predicted octanol–water partition coefficient (Wildman–Crippen LogP) is 3.42. The smallest absolute Gasteiger partial charge is 0.307 e. The Labute approximate surface area is 152 Å². The van der Waals surface area contributed by atoms with Crippen molar-refractivity contribution in [3.05, 3.63) is 78.4 Å². The van der Waals surface area contributed by atoms with Crippen LogP contribution in [0.2, 0.25) is 0 Å². The lowest BCUT2D eigenvalue weighted by molar-refractivity contribution is -0.141. The molecule has 0 saturated carbocycles. The van der Waals surface area contributed by atoms with Gasteiger partial charge in [0.25, 0.3) is 0 Å². The lowest BCUT2D eigenvalue weighted by atomic mass is 10.1. The van der Waals surface area contributed by atoms with E-state index in [-0.39, 0.29) is 11.3 Å². The van der Waals surface area contributed by atoms with E-state index in [1.807, 2.05) is 24.3 Å². The van der Waals surface area contributed by atoms with Gasteiger partial charge in [-0.05, 0) is 17.0 Å². The SMILES string of the molecule is COC(=O)CC(NS(=O)(=O)c1cccc2ccccc12)c1ccccc1. The molecule has 0 radical (unpaired) electrons. The number of carbonyl (C=O) groups excluding carboxylic acids is 1. The largest absolute Gasteiger partial charge is 0.469 e. The molecule has 1 atom stereocenters. The second kappa shape index (κ2) is 7.68. The molecule has 1 unspecified atom stereocenters. The molecule has 3 aromatic carbocycles. The molecule has 0 spiro atoms. The number of hydrogen-bond acceptors (Lipinski definition) is 4. The van der Waals surface area contributed by atoms with Crippen LogP contribution in [0.1, 0.15) is 18.0 Å². The molecule has 0 aromatic heterocycles. The molecule has 0 aliphatic rings. The Bertz CT molecular complexity index is 1010. The van der Waals surface area contributed by atoms with Crippen LogP contribution >= 0.6 is 0 Å². The van der Waals surface area contributed by atoms with Crippen molar-refractivity contribution in [2.24, 2.45) is 0 Å². The molecule has 0 bridgehead atoms. The van der Waals surface area contributed by atoms with Crippen molar-refractivity contribution in [1.82, 2.24) is 4.72 Å². The summed E-state index contributed by atoms with van der Waals surface area (Å²) in [4.78, 5) is 12.0. The van der Waals surface area contributed by atoms with Crippen LogP contribution in [0.3, 0.4) is 0 Å². The fraction of sp³-hybridized carbons (Fsp3) is 0.150. The highest BCUT2D eigenvalue weighted by Crippen LogP contribution is 2.26. The van der Waals surface area contributed by atoms with Gasteiger partial charge in [0, 0.05) is 5.39 Å². The summed E-state index contributed by atoms with van der Waals surface area (Å²) in [5.74, 6) is -0.487. The summed E-state index contributed by atoms with van der Waals surface area (Å²) < 4.78 is 33.4. The molecule has 5 nitrogen and oxygen atoms in total. The zero-order chi connectivity index (χ0) is 18.6. The normalized spacial score (nSPS) is 12.7. The fourth-order valence-corrected chi connectivity index (χ4v) is 4.30. The van der Waals surface area contributed by atoms with Crippen LogP contribution in [0.5, 0.6) is 0 Å². The van der Waals surface area contributed by atoms with Crippen LogP contribution in [0, 0.1) is 0 Å². The lowest BCUT2D eigenvalue weighted by Gasteiger charge is -2.19. The molecule has 0 saturated heterocycles. The summed E-state index contributed by atoms with van der Waals surface area (Å²) in [6, 6.07) is 20.7. The zero-order valence-electron chi connectivity index (χ0n) is 14.3. The Morgan fingerprint density at radius 1 is 0.962 bits per heavy atom. The molecule has 0 aliphatic carbocycles. The zero-order valence-corrected chi connectivity index (χ0v) is 15.1. The van der Waals surface area contributed by atoms with Crippen LogP contribution < -0.4 is 4.72 Å². The summed E-state index contributed by atoms with van der Waals surface area (Å²) in [6.07, 6.45) is -0.0927. The monoisotopic (exact) mass is 369 g/mol. The Kier molecular flexibility index (Phi) is 5.35. The van der Waals surface area contributed by atoms with Gasteiger partial charge in [0.1, 0.15) is 0 Å². The first kappa shape index (κ1) is 18.1. The lowest BCUT2D eigenvalue weighted by Crippen LogP contribution is -2.30. The van der Waals surface area contributed by atoms with E-state index >= 15 is 0 Å². The molecular formula is C20H19NO4S. The minimum atomic E-state index is -3.85. The highest BCUT2D eigenvalue weighted by molar-refractivity contribution is 7.89. The van der Waals surface area contributed by atoms with Gasteiger partial charge in [0.05, 0.1) is 24.5 Å². The molecule has 0 aliphatic heterocycles. The maximum absolute atomic E-state index is 13.0. The van der Waals surface area contributed by atoms with Crippen LogP contribution in [0.4, 0.5) is 0 Å². The van der Waals surface area contributed by atoms with Gasteiger partial charge in [-0.2, -0.15) is 0 Å². The van der Waals surface area contributed by atoms with Crippen molar-refractivity contribution >= 4 is 26.8 Å². The molecule has 3 rings (SSSR count). The number of esters is 1. The van der Waals surface area contributed by atoms with Gasteiger partial charge in [0.15, 0.2) is 0 Å². The number of sulfonamides is 1. The number of ether oxygens (including phenoxy) is 1. The molecular weight excluding hydrogens is 350 g/mol. The number of benzene rings is 3. The quantitative estimate of drug-likeness (QED) is 0.676. The topological polar surface area (TPSA) is 72.5 Å². The first-order chi connectivity index (χ1) is 12.5. The molecule has 1 N–H and O–H groups in total. The average molecular weight is 369 g/mol. The van der Waals surface area contributed by atoms with E-state index in [0.29, 0.717) is 10.9 Å². The third-order valence-electron chi connectivity index (χ3n) is 4.14. The minimum absolute atomic E-state index is 0.0927. The molecule has 0 heterocycles. The third kappa shape index (κ3) is 3.92. The molecule has 134 valence electrons. The van der Waals surface area contributed by atoms with E-state index in [0.717, 1.165) is 5.39 Å². The van der Waals surface area contributed by atoms with E-state index in [2.05, 4.69) is 4.72 Å². The van der Waals surface area contributed by atoms with E-state index in [9.17, 15) is 13.2 Å². The van der Waals surface area contributed by atoms with Gasteiger partial charge in [-0.1, -0.05) is 66.7 Å². The summed E-state index contributed by atoms with van der Waals surface area (Å²) in [5.41, 5.74) is 0.696. The van der Waals surface area contributed by atoms with Gasteiger partial charge < -0.3 is 4.74 Å². The van der Waals surface area contributed by atoms with Crippen molar-refractivity contribution in [1.29, 1.82) is 0 Å². The average Bonchev–Trinajstić information content (AvgIpc) is 2.67. The maximum Gasteiger partial charge on any atom is 0.307 e. The predicted molar refractivity (Wildman–Crippen MR) is 100 cm³/mol. The van der Waals surface area contributed by atoms with Gasteiger partial charge in [-0.25, -0.2) is 13.1 Å². The minimum Gasteiger partial charge on any atom is -0.469 e. The summed E-state index contributed by atoms with van der Waals surface area (Å²) in [5, 5.41) is 1.46. The van der Waals surface area contributed by atoms with Crippen LogP contribution in [-0.2, 0) is 19.6 Å². The number of fused-ring (bicyclic) bond motifs is 1. The Morgan fingerprint density at radius 2 is 1.62 bits per heavy atom. The van der Waals surface area contributed by atoms with Crippen LogP contribution in [-0.4, -0.2) is 21.5 Å². The number of methoxy groups -OCH3 is 1. The standard InChI is InChI=1S/C20H19NO4S/c1-25-20(22)14-18(16-9-3-2-4-10-16)21-26(23,24)19-13-7-11-15-8-5-6-12-17(15)19/h2-13,18,21H,14H2,1H3. The molecule has 26 heavy (non-hydrogen) atoms. The number of hydrogen-bond donors (Lipinski definition) is 1. The van der Waals surface area contributed by atoms with Gasteiger partial charge in [-0.15, -0.1) is 0 Å². The van der Waals surface area contributed by atoms with Crippen LogP contribution in [0.15, 0.2) is 77.7 Å². The van der Waals surface area contributed by atoms with Gasteiger partial charge in [0.2, 0.25) is 10.0 Å². The third-order valence-corrected chi connectivity index (χ3v) is 5.67. The van der Waals surface area contributed by atoms with Crippen LogP contribution in [0.25, 0.3) is 10.8 Å². The number of nitrogens with one attached hydrogen (secondary N) is 1. The molecule has 0 amide bonds. The second-order valence-electron chi connectivity index (χ2n) is 5.84. The van der Waals surface area contributed by atoms with Gasteiger partial charge >= 0.3 is 5.97 Å². The fourth-order valence-electron chi connectivity index (χ4n) is 2.84. The first-order valence-electron chi connectivity index (χ1n) is 8.13. The summed E-state index contributed by atoms with van der Waals surface area (Å²) >= 11 is 0. The Hall–Kier alpha value is -2.70. The maximum atomic E-state index is 13.0. The van der Waals surface area contributed by atoms with Crippen molar-refractivity contribution in [3.8, 4) is 0 Å². The first-order valence-corrected chi connectivity index (χ1v) is 9.61. The van der Waals surface area contributed by atoms with E-state index in [4.69, 9.17) is 4.74 Å². The van der Waals surface area contributed by atoms with Crippen molar-refractivity contribution in [2.45, 2.75) is 17.4 Å². The molecule has 3 aromatic rings. The van der Waals surface area contributed by atoms with E-state index in [1.165, 1.54) is 7.11 Å². The van der Waals surface area contributed by atoms with E-state index in [1.54, 1.807) is 48.5 Å². The van der Waals surface area contributed by atoms with Crippen molar-refractivity contribution < 1.29 is 17.9 Å². The molecule has 6 heteroatoms. The summed E-state index contributed by atoms with van der Waals surface area (Å²) in [6.45, 7) is 0. The van der Waals surface area contributed by atoms with Gasteiger partial charge in [-0.3, -0.25) is 4.79 Å². The highest BCUT2D eigenvalue weighted by atomic mass is 32.2. The van der Waals surface area contributed by atoms with Crippen molar-refractivity contribution in [2.75, 3.05) is 7.11 Å². The Balaban J connectivity index is 2.00. The highest BCUT2D eigenvalue weighted by Gasteiger charge is 2.25. The van der Waals surface area contributed by atoms with Crippen molar-refractivity contribution in [3.63, 3.8) is 0 Å².